The van der Waals surface area contributed by atoms with Gasteiger partial charge < -0.3 is 15.2 Å². The first kappa shape index (κ1) is 27.8. The molecule has 1 fully saturated rings. The van der Waals surface area contributed by atoms with E-state index in [9.17, 15) is 19.5 Å². The number of aromatic nitrogens is 2. The van der Waals surface area contributed by atoms with Crippen molar-refractivity contribution in [3.8, 4) is 0 Å². The van der Waals surface area contributed by atoms with Gasteiger partial charge in [-0.25, -0.2) is 24.6 Å². The lowest BCUT2D eigenvalue weighted by Crippen LogP contribution is -2.36. The molecule has 1 aromatic carbocycles. The van der Waals surface area contributed by atoms with Crippen LogP contribution in [0.4, 0.5) is 16.3 Å². The number of pyridine rings is 2. The van der Waals surface area contributed by atoms with Crippen LogP contribution in [-0.4, -0.2) is 64.9 Å². The lowest BCUT2D eigenvalue weighted by Gasteiger charge is -2.23. The molecule has 2 N–H and O–H groups in total. The molecule has 1 aliphatic rings. The van der Waals surface area contributed by atoms with E-state index in [0.29, 0.717) is 29.2 Å². The summed E-state index contributed by atoms with van der Waals surface area (Å²) in [6.45, 7) is 3.90. The van der Waals surface area contributed by atoms with Crippen LogP contribution < -0.4 is 10.2 Å². The average Bonchev–Trinajstić information content (AvgIpc) is 3.28. The zero-order chi connectivity index (χ0) is 28.3. The number of nitrogens with one attached hydrogen (secondary N) is 1. The minimum atomic E-state index is -1.21. The molecule has 2 amide bonds. The minimum absolute atomic E-state index is 0.0729. The number of carbonyl (C=O) groups is 3. The molecule has 0 radical (unpaired) electrons. The first-order chi connectivity index (χ1) is 18.6. The van der Waals surface area contributed by atoms with Crippen molar-refractivity contribution in [1.82, 2.24) is 15.0 Å². The van der Waals surface area contributed by atoms with Gasteiger partial charge in [-0.1, -0.05) is 23.7 Å². The number of carboxylic acid groups (broad SMARTS) is 1. The second kappa shape index (κ2) is 11.7. The molecule has 0 saturated carbocycles. The zero-order valence-electron chi connectivity index (χ0n) is 21.8. The maximum absolute atomic E-state index is 12.8. The predicted octanol–water partition coefficient (Wildman–Crippen LogP) is 4.51. The van der Waals surface area contributed by atoms with Gasteiger partial charge in [0.15, 0.2) is 5.69 Å². The quantitative estimate of drug-likeness (QED) is 0.290. The summed E-state index contributed by atoms with van der Waals surface area (Å²) in [6, 6.07) is 13.1. The molecule has 0 aliphatic carbocycles. The fourth-order valence-corrected chi connectivity index (χ4v) is 4.40. The number of anilines is 2. The Morgan fingerprint density at radius 3 is 2.62 bits per heavy atom. The Labute approximate surface area is 230 Å². The van der Waals surface area contributed by atoms with E-state index in [-0.39, 0.29) is 29.4 Å². The Kier molecular flexibility index (Phi) is 8.32. The molecule has 1 aliphatic heterocycles. The van der Waals surface area contributed by atoms with Crippen LogP contribution in [0.2, 0.25) is 5.15 Å². The summed E-state index contributed by atoms with van der Waals surface area (Å²) < 4.78 is 5.37. The number of aryl methyl sites for hydroxylation is 1. The second-order valence-corrected chi connectivity index (χ2v) is 9.50. The van der Waals surface area contributed by atoms with Crippen molar-refractivity contribution in [2.24, 2.45) is 0 Å². The van der Waals surface area contributed by atoms with Crippen molar-refractivity contribution in [2.75, 3.05) is 31.0 Å². The Morgan fingerprint density at radius 2 is 1.95 bits per heavy atom. The van der Waals surface area contributed by atoms with Gasteiger partial charge in [0, 0.05) is 12.6 Å². The number of hydroxylamine groups is 2. The summed E-state index contributed by atoms with van der Waals surface area (Å²) in [5.41, 5.74) is 2.94. The highest BCUT2D eigenvalue weighted by Gasteiger charge is 2.35. The van der Waals surface area contributed by atoms with E-state index in [0.717, 1.165) is 16.2 Å². The number of hydrogen-bond acceptors (Lipinski definition) is 8. The van der Waals surface area contributed by atoms with Crippen LogP contribution >= 0.6 is 11.6 Å². The van der Waals surface area contributed by atoms with Gasteiger partial charge in [0.2, 0.25) is 0 Å². The van der Waals surface area contributed by atoms with Crippen LogP contribution in [0.5, 0.6) is 0 Å². The van der Waals surface area contributed by atoms with E-state index < -0.39 is 18.1 Å². The molecule has 4 rings (SSSR count). The molecule has 39 heavy (non-hydrogen) atoms. The predicted molar refractivity (Wildman–Crippen MR) is 144 cm³/mol. The van der Waals surface area contributed by atoms with Gasteiger partial charge in [0.05, 0.1) is 30.6 Å². The van der Waals surface area contributed by atoms with Gasteiger partial charge in [-0.05, 0) is 67.8 Å². The molecular formula is C27H28ClN5O6. The summed E-state index contributed by atoms with van der Waals surface area (Å²) in [5.74, 6) is -1.06. The van der Waals surface area contributed by atoms with E-state index in [4.69, 9.17) is 26.2 Å². The monoisotopic (exact) mass is 553 g/mol. The minimum Gasteiger partial charge on any atom is -0.476 e. The molecule has 204 valence electrons. The van der Waals surface area contributed by atoms with Crippen molar-refractivity contribution in [1.29, 1.82) is 0 Å². The molecule has 0 spiro atoms. The Morgan fingerprint density at radius 1 is 1.23 bits per heavy atom. The molecule has 0 unspecified atom stereocenters. The van der Waals surface area contributed by atoms with Gasteiger partial charge in [-0.3, -0.25) is 14.5 Å². The van der Waals surface area contributed by atoms with E-state index in [1.807, 2.05) is 32.0 Å². The molecule has 1 saturated heterocycles. The van der Waals surface area contributed by atoms with Crippen LogP contribution in [0.25, 0.3) is 0 Å². The number of amides is 2. The van der Waals surface area contributed by atoms with Crippen LogP contribution in [0.3, 0.4) is 0 Å². The van der Waals surface area contributed by atoms with Gasteiger partial charge in [0.25, 0.3) is 5.91 Å². The fraction of sp³-hybridized carbons (Fsp3) is 0.296. The zero-order valence-corrected chi connectivity index (χ0v) is 22.6. The molecule has 3 heterocycles. The third-order valence-corrected chi connectivity index (χ3v) is 6.51. The highest BCUT2D eigenvalue weighted by Crippen LogP contribution is 2.28. The van der Waals surface area contributed by atoms with Crippen LogP contribution in [0.1, 0.15) is 50.6 Å². The van der Waals surface area contributed by atoms with Crippen molar-refractivity contribution in [3.05, 3.63) is 81.8 Å². The van der Waals surface area contributed by atoms with Gasteiger partial charge in [-0.2, -0.15) is 0 Å². The van der Waals surface area contributed by atoms with Crippen LogP contribution in [-0.2, 0) is 16.0 Å². The van der Waals surface area contributed by atoms with Crippen molar-refractivity contribution in [3.63, 3.8) is 0 Å². The van der Waals surface area contributed by atoms with Crippen LogP contribution in [0, 0.1) is 6.92 Å². The summed E-state index contributed by atoms with van der Waals surface area (Å²) in [5, 5.41) is 13.8. The van der Waals surface area contributed by atoms with Crippen LogP contribution in [0.15, 0.2) is 48.5 Å². The molecular weight excluding hydrogens is 526 g/mol. The number of hydrogen-bond donors (Lipinski definition) is 2. The average molecular weight is 554 g/mol. The summed E-state index contributed by atoms with van der Waals surface area (Å²) in [6.07, 6.45) is -0.0226. The number of benzene rings is 1. The van der Waals surface area contributed by atoms with Gasteiger partial charge >= 0.3 is 12.1 Å². The van der Waals surface area contributed by atoms with Crippen molar-refractivity contribution >= 4 is 41.1 Å². The third-order valence-electron chi connectivity index (χ3n) is 6.30. The maximum atomic E-state index is 12.8. The lowest BCUT2D eigenvalue weighted by molar-refractivity contribution is -0.0757. The topological polar surface area (TPSA) is 134 Å². The van der Waals surface area contributed by atoms with Gasteiger partial charge in [-0.15, -0.1) is 0 Å². The normalized spacial score (nSPS) is 15.6. The Bertz CT molecular complexity index is 1400. The molecule has 12 heteroatoms. The highest BCUT2D eigenvalue weighted by molar-refractivity contribution is 6.29. The number of aromatic carboxylic acids is 1. The van der Waals surface area contributed by atoms with E-state index in [1.165, 1.54) is 25.1 Å². The smallest absolute Gasteiger partial charge is 0.415 e. The Hall–Kier alpha value is -4.22. The molecule has 3 aromatic rings. The Balaban J connectivity index is 1.55. The number of carbonyl (C=O) groups excluding carboxylic acids is 2. The second-order valence-electron chi connectivity index (χ2n) is 9.12. The first-order valence-electron chi connectivity index (χ1n) is 12.1. The number of carboxylic acids is 1. The number of halogens is 1. The summed E-state index contributed by atoms with van der Waals surface area (Å²) in [7, 11) is 2.95. The molecule has 2 aromatic heterocycles. The third kappa shape index (κ3) is 6.27. The number of cyclic esters (lactones) is 1. The van der Waals surface area contributed by atoms with E-state index in [1.54, 1.807) is 24.3 Å². The number of nitrogens with zero attached hydrogens (tertiary/aromatic N) is 4. The summed E-state index contributed by atoms with van der Waals surface area (Å²) >= 11 is 5.87. The maximum Gasteiger partial charge on any atom is 0.415 e. The largest absolute Gasteiger partial charge is 0.476 e. The SMILES string of the molecule is CON(C)C(=O)c1ccc(C[C@H]2COC(=O)N2c2cc(C)cc([C@@H](C)Nc3ccc(Cl)nc3C(=O)O)n2)cc1. The highest BCUT2D eigenvalue weighted by atomic mass is 35.5. The fourth-order valence-electron chi connectivity index (χ4n) is 4.25. The van der Waals surface area contributed by atoms with Crippen molar-refractivity contribution in [2.45, 2.75) is 32.4 Å². The molecule has 0 bridgehead atoms. The number of rotatable bonds is 9. The van der Waals surface area contributed by atoms with E-state index >= 15 is 0 Å². The lowest BCUT2D eigenvalue weighted by atomic mass is 10.0. The molecule has 2 atom stereocenters. The summed E-state index contributed by atoms with van der Waals surface area (Å²) in [4.78, 5) is 51.8. The van der Waals surface area contributed by atoms with Gasteiger partial charge in [0.1, 0.15) is 17.6 Å². The molecule has 11 nitrogen and oxygen atoms in total. The van der Waals surface area contributed by atoms with Crippen molar-refractivity contribution < 1.29 is 29.1 Å². The van der Waals surface area contributed by atoms with E-state index in [2.05, 4.69) is 10.3 Å². The first-order valence-corrected chi connectivity index (χ1v) is 12.5. The number of ether oxygens (including phenoxy) is 1. The standard InChI is InChI=1S/C27H28ClN5O6/c1-15-11-21(16(2)29-20-9-10-22(28)31-24(20)26(35)36)30-23(12-15)33-19(14-39-27(33)37)13-17-5-7-18(8-6-17)25(34)32(3)38-4/h5-12,16,19,29H,13-14H2,1-4H3,(H,35,36)/t16-,19+/m1/s1.